The van der Waals surface area contributed by atoms with Crippen molar-refractivity contribution < 1.29 is 19.3 Å². The fourth-order valence-electron chi connectivity index (χ4n) is 2.91. The Morgan fingerprint density at radius 1 is 1.22 bits per heavy atom. The van der Waals surface area contributed by atoms with Gasteiger partial charge in [0.2, 0.25) is 0 Å². The van der Waals surface area contributed by atoms with Gasteiger partial charge in [-0.2, -0.15) is 4.89 Å². The number of benzene rings is 1. The van der Waals surface area contributed by atoms with E-state index in [1.54, 1.807) is 18.2 Å². The Labute approximate surface area is 139 Å². The lowest BCUT2D eigenvalue weighted by Crippen LogP contribution is -2.26. The van der Waals surface area contributed by atoms with Crippen LogP contribution < -0.4 is 4.74 Å². The third-order valence-corrected chi connectivity index (χ3v) is 4.38. The molecule has 4 heteroatoms. The van der Waals surface area contributed by atoms with E-state index in [1.807, 2.05) is 13.0 Å². The summed E-state index contributed by atoms with van der Waals surface area (Å²) in [5, 5.41) is 0. The average molecular weight is 319 g/mol. The monoisotopic (exact) mass is 319 g/mol. The van der Waals surface area contributed by atoms with Gasteiger partial charge in [-0.1, -0.05) is 26.8 Å². The molecular weight excluding hydrogens is 292 g/mol. The Kier molecular flexibility index (Phi) is 6.05. The zero-order chi connectivity index (χ0) is 16.9. The van der Waals surface area contributed by atoms with Gasteiger partial charge < -0.3 is 4.74 Å². The number of rotatable bonds is 5. The summed E-state index contributed by atoms with van der Waals surface area (Å²) in [4.78, 5) is 22.3. The number of carbonyl (C=O) groups is 1. The first-order valence-corrected chi connectivity index (χ1v) is 8.36. The highest BCUT2D eigenvalue weighted by molar-refractivity contribution is 5.89. The lowest BCUT2D eigenvalue weighted by atomic mass is 9.72. The second kappa shape index (κ2) is 7.82. The molecule has 1 fully saturated rings. The van der Waals surface area contributed by atoms with Crippen molar-refractivity contribution in [1.29, 1.82) is 0 Å². The second-order valence-electron chi connectivity index (χ2n) is 7.09. The molecule has 0 aliphatic heterocycles. The third kappa shape index (κ3) is 5.24. The van der Waals surface area contributed by atoms with Crippen molar-refractivity contribution in [2.24, 2.45) is 11.3 Å². The topological polar surface area (TPSA) is 44.8 Å². The molecule has 1 aromatic carbocycles. The van der Waals surface area contributed by atoms with Crippen LogP contribution in [-0.2, 0) is 9.78 Å². The van der Waals surface area contributed by atoms with Crippen LogP contribution in [0, 0.1) is 17.4 Å². The van der Waals surface area contributed by atoms with Gasteiger partial charge in [0.25, 0.3) is 0 Å². The second-order valence-corrected chi connectivity index (χ2v) is 7.09. The Bertz CT molecular complexity index is 510. The lowest BCUT2D eigenvalue weighted by Gasteiger charge is -2.35. The van der Waals surface area contributed by atoms with Crippen molar-refractivity contribution in [3.05, 3.63) is 35.9 Å². The van der Waals surface area contributed by atoms with Crippen LogP contribution in [0.1, 0.15) is 63.7 Å². The number of ether oxygens (including phenoxy) is 1. The van der Waals surface area contributed by atoms with E-state index in [2.05, 4.69) is 20.8 Å². The summed E-state index contributed by atoms with van der Waals surface area (Å²) in [6.07, 6.45) is 4.73. The molecule has 23 heavy (non-hydrogen) atoms. The molecule has 0 N–H and O–H groups in total. The molecule has 1 aromatic rings. The molecule has 0 aromatic heterocycles. The third-order valence-electron chi connectivity index (χ3n) is 4.38. The molecule has 0 spiro atoms. The van der Waals surface area contributed by atoms with E-state index in [0.29, 0.717) is 29.3 Å². The van der Waals surface area contributed by atoms with Gasteiger partial charge >= 0.3 is 5.97 Å². The number of carbonyl (C=O) groups excluding carboxylic acids is 1. The number of hydrogen-bond donors (Lipinski definition) is 0. The van der Waals surface area contributed by atoms with E-state index in [1.165, 1.54) is 0 Å². The summed E-state index contributed by atoms with van der Waals surface area (Å²) in [5.41, 5.74) is 0.752. The van der Waals surface area contributed by atoms with E-state index in [4.69, 9.17) is 14.5 Å². The SMILES string of the molecule is CCOc1cccc(C(=O)OO[C]2CCC(C(C)(C)C)CC2)c1. The fraction of sp³-hybridized carbons (Fsp3) is 0.579. The van der Waals surface area contributed by atoms with Gasteiger partial charge in [0.15, 0.2) is 0 Å². The Morgan fingerprint density at radius 2 is 1.91 bits per heavy atom. The summed E-state index contributed by atoms with van der Waals surface area (Å²) in [5.74, 6) is 0.853. The van der Waals surface area contributed by atoms with Crippen LogP contribution in [0.4, 0.5) is 0 Å². The van der Waals surface area contributed by atoms with Gasteiger partial charge in [0.1, 0.15) is 11.9 Å². The molecule has 1 radical (unpaired) electrons. The highest BCUT2D eigenvalue weighted by Crippen LogP contribution is 2.40. The normalized spacial score (nSPS) is 17.0. The van der Waals surface area contributed by atoms with Crippen molar-refractivity contribution in [2.75, 3.05) is 6.61 Å². The fourth-order valence-corrected chi connectivity index (χ4v) is 2.91. The minimum atomic E-state index is -0.489. The Morgan fingerprint density at radius 3 is 2.52 bits per heavy atom. The lowest BCUT2D eigenvalue weighted by molar-refractivity contribution is -0.241. The van der Waals surface area contributed by atoms with Crippen molar-refractivity contribution in [2.45, 2.75) is 53.4 Å². The van der Waals surface area contributed by atoms with Crippen LogP contribution in [0.25, 0.3) is 0 Å². The molecule has 0 saturated heterocycles. The molecule has 0 bridgehead atoms. The van der Waals surface area contributed by atoms with Crippen LogP contribution in [0.15, 0.2) is 24.3 Å². The molecule has 4 nitrogen and oxygen atoms in total. The van der Waals surface area contributed by atoms with Gasteiger partial charge in [0, 0.05) is 0 Å². The van der Waals surface area contributed by atoms with Gasteiger partial charge in [-0.3, -0.25) is 4.89 Å². The maximum absolute atomic E-state index is 12.1. The minimum absolute atomic E-state index is 0.321. The maximum atomic E-state index is 12.1. The molecule has 1 aliphatic rings. The smallest absolute Gasteiger partial charge is 0.373 e. The minimum Gasteiger partial charge on any atom is -0.494 e. The van der Waals surface area contributed by atoms with Gasteiger partial charge in [-0.25, -0.2) is 4.79 Å². The largest absolute Gasteiger partial charge is 0.494 e. The molecule has 127 valence electrons. The Balaban J connectivity index is 1.80. The van der Waals surface area contributed by atoms with E-state index in [0.717, 1.165) is 31.8 Å². The average Bonchev–Trinajstić information content (AvgIpc) is 2.53. The van der Waals surface area contributed by atoms with Crippen LogP contribution >= 0.6 is 0 Å². The first-order valence-electron chi connectivity index (χ1n) is 8.36. The standard InChI is InChI=1S/C19H27O4/c1-5-21-17-8-6-7-14(13-17)18(20)23-22-16-11-9-15(10-12-16)19(2,3)4/h6-8,13,15H,5,9-12H2,1-4H3. The van der Waals surface area contributed by atoms with Crippen LogP contribution in [-0.4, -0.2) is 12.6 Å². The van der Waals surface area contributed by atoms with Crippen molar-refractivity contribution >= 4 is 5.97 Å². The van der Waals surface area contributed by atoms with E-state index < -0.39 is 5.97 Å². The van der Waals surface area contributed by atoms with Gasteiger partial charge in [0.05, 0.1) is 12.2 Å². The van der Waals surface area contributed by atoms with Crippen molar-refractivity contribution in [3.8, 4) is 5.75 Å². The quantitative estimate of drug-likeness (QED) is 0.569. The summed E-state index contributed by atoms with van der Waals surface area (Å²) < 4.78 is 5.38. The van der Waals surface area contributed by atoms with Gasteiger partial charge in [-0.05, 0) is 62.1 Å². The van der Waals surface area contributed by atoms with Crippen LogP contribution in [0.5, 0.6) is 5.75 Å². The highest BCUT2D eigenvalue weighted by Gasteiger charge is 2.31. The molecule has 2 rings (SSSR count). The van der Waals surface area contributed by atoms with E-state index >= 15 is 0 Å². The predicted octanol–water partition coefficient (Wildman–Crippen LogP) is 4.94. The summed E-state index contributed by atoms with van der Waals surface area (Å²) in [6.45, 7) is 9.28. The predicted molar refractivity (Wildman–Crippen MR) is 88.8 cm³/mol. The molecule has 1 saturated carbocycles. The van der Waals surface area contributed by atoms with Gasteiger partial charge in [-0.15, -0.1) is 0 Å². The first kappa shape index (κ1) is 17.8. The zero-order valence-electron chi connectivity index (χ0n) is 14.6. The van der Waals surface area contributed by atoms with E-state index in [9.17, 15) is 4.79 Å². The summed E-state index contributed by atoms with van der Waals surface area (Å²) in [7, 11) is 0. The van der Waals surface area contributed by atoms with E-state index in [-0.39, 0.29) is 0 Å². The summed E-state index contributed by atoms with van der Waals surface area (Å²) in [6, 6.07) is 6.93. The molecule has 1 aliphatic carbocycles. The first-order chi connectivity index (χ1) is 10.9. The molecular formula is C19H27O4. The van der Waals surface area contributed by atoms with Crippen molar-refractivity contribution in [1.82, 2.24) is 0 Å². The van der Waals surface area contributed by atoms with Crippen LogP contribution in [0.3, 0.4) is 0 Å². The van der Waals surface area contributed by atoms with Crippen LogP contribution in [0.2, 0.25) is 0 Å². The highest BCUT2D eigenvalue weighted by atomic mass is 17.2. The molecule has 0 amide bonds. The molecule has 0 heterocycles. The molecule has 0 atom stereocenters. The summed E-state index contributed by atoms with van der Waals surface area (Å²) >= 11 is 0. The molecule has 0 unspecified atom stereocenters. The van der Waals surface area contributed by atoms with Crippen molar-refractivity contribution in [3.63, 3.8) is 0 Å². The number of hydrogen-bond acceptors (Lipinski definition) is 4. The maximum Gasteiger partial charge on any atom is 0.373 e. The zero-order valence-corrected chi connectivity index (χ0v) is 14.6. The Hall–Kier alpha value is -1.55.